The maximum absolute atomic E-state index is 10.8. The summed E-state index contributed by atoms with van der Waals surface area (Å²) in [6, 6.07) is 24.6. The van der Waals surface area contributed by atoms with Gasteiger partial charge in [0.25, 0.3) is 0 Å². The summed E-state index contributed by atoms with van der Waals surface area (Å²) in [5.74, 6) is 0.771. The fourth-order valence-electron chi connectivity index (χ4n) is 3.23. The van der Waals surface area contributed by atoms with Gasteiger partial charge in [-0.1, -0.05) is 54.1 Å². The van der Waals surface area contributed by atoms with Gasteiger partial charge in [-0.15, -0.1) is 0 Å². The molecule has 0 atom stereocenters. The van der Waals surface area contributed by atoms with Gasteiger partial charge in [0.2, 0.25) is 0 Å². The van der Waals surface area contributed by atoms with Crippen LogP contribution in [-0.2, 0) is 18.0 Å². The van der Waals surface area contributed by atoms with Crippen LogP contribution in [0.3, 0.4) is 0 Å². The molecule has 3 aromatic carbocycles. The lowest BCUT2D eigenvalue weighted by atomic mass is 10.2. The van der Waals surface area contributed by atoms with E-state index in [1.54, 1.807) is 18.2 Å². The number of pyridine rings is 1. The largest absolute Gasteiger partial charge is 0.491 e. The SMILES string of the molecule is O=C(O)CCOc1c(Cl)cccc1COc1cccc(OCc2ccc3ccccc3n2)c1. The van der Waals surface area contributed by atoms with E-state index >= 15 is 0 Å². The molecule has 0 unspecified atom stereocenters. The smallest absolute Gasteiger partial charge is 0.306 e. The number of nitrogens with zero attached hydrogens (tertiary/aromatic N) is 1. The zero-order valence-electron chi connectivity index (χ0n) is 17.7. The van der Waals surface area contributed by atoms with Crippen LogP contribution in [0.5, 0.6) is 17.2 Å². The summed E-state index contributed by atoms with van der Waals surface area (Å²) in [4.78, 5) is 15.4. The molecule has 0 bridgehead atoms. The molecule has 0 fully saturated rings. The molecule has 0 saturated heterocycles. The predicted molar refractivity (Wildman–Crippen MR) is 126 cm³/mol. The quantitative estimate of drug-likeness (QED) is 0.315. The molecule has 1 heterocycles. The zero-order chi connectivity index (χ0) is 23.0. The molecule has 1 N–H and O–H groups in total. The number of aromatic nitrogens is 1. The molecule has 4 aromatic rings. The first-order valence-electron chi connectivity index (χ1n) is 10.4. The summed E-state index contributed by atoms with van der Waals surface area (Å²) in [5.41, 5.74) is 2.49. The Hall–Kier alpha value is -3.77. The van der Waals surface area contributed by atoms with E-state index in [-0.39, 0.29) is 19.6 Å². The standard InChI is InChI=1S/C26H22ClNO5/c27-23-9-3-6-19(26(23)31-14-13-25(29)30)16-32-21-7-4-8-22(15-21)33-17-20-12-11-18-5-1-2-10-24(18)28-20/h1-12,15H,13-14,16-17H2,(H,29,30). The summed E-state index contributed by atoms with van der Waals surface area (Å²) in [5, 5.41) is 10.3. The molecular weight excluding hydrogens is 442 g/mol. The Morgan fingerprint density at radius 3 is 2.42 bits per heavy atom. The van der Waals surface area contributed by atoms with Crippen molar-refractivity contribution in [3.8, 4) is 17.2 Å². The van der Waals surface area contributed by atoms with Crippen molar-refractivity contribution in [1.29, 1.82) is 0 Å². The molecule has 4 rings (SSSR count). The predicted octanol–water partition coefficient (Wildman–Crippen LogP) is 5.90. The Bertz CT molecular complexity index is 1260. The molecule has 33 heavy (non-hydrogen) atoms. The molecule has 0 aliphatic carbocycles. The van der Waals surface area contributed by atoms with Gasteiger partial charge in [0.15, 0.2) is 0 Å². The van der Waals surface area contributed by atoms with Crippen LogP contribution in [0.25, 0.3) is 10.9 Å². The van der Waals surface area contributed by atoms with Gasteiger partial charge in [-0.2, -0.15) is 0 Å². The number of carboxylic acids is 1. The van der Waals surface area contributed by atoms with Crippen LogP contribution < -0.4 is 14.2 Å². The van der Waals surface area contributed by atoms with E-state index in [1.165, 1.54) is 0 Å². The van der Waals surface area contributed by atoms with E-state index in [2.05, 4.69) is 4.98 Å². The monoisotopic (exact) mass is 463 g/mol. The average Bonchev–Trinajstić information content (AvgIpc) is 2.83. The number of ether oxygens (including phenoxy) is 3. The summed E-state index contributed by atoms with van der Waals surface area (Å²) in [6.07, 6.45) is -0.114. The molecule has 168 valence electrons. The highest BCUT2D eigenvalue weighted by molar-refractivity contribution is 6.32. The maximum Gasteiger partial charge on any atom is 0.306 e. The van der Waals surface area contributed by atoms with E-state index in [1.807, 2.05) is 60.7 Å². The number of carbonyl (C=O) groups is 1. The van der Waals surface area contributed by atoms with Crippen molar-refractivity contribution in [3.05, 3.63) is 95.1 Å². The number of aliphatic carboxylic acids is 1. The van der Waals surface area contributed by atoms with Crippen LogP contribution in [0.4, 0.5) is 0 Å². The Morgan fingerprint density at radius 2 is 1.61 bits per heavy atom. The molecule has 1 aromatic heterocycles. The Balaban J connectivity index is 1.38. The van der Waals surface area contributed by atoms with Crippen LogP contribution in [-0.4, -0.2) is 22.7 Å². The molecule has 0 amide bonds. The van der Waals surface area contributed by atoms with Gasteiger partial charge in [-0.3, -0.25) is 4.79 Å². The molecule has 0 aliphatic rings. The second kappa shape index (κ2) is 10.7. The summed E-state index contributed by atoms with van der Waals surface area (Å²) < 4.78 is 17.4. The maximum atomic E-state index is 10.8. The van der Waals surface area contributed by atoms with Gasteiger partial charge in [0.1, 0.15) is 30.5 Å². The number of halogens is 1. The minimum atomic E-state index is -0.935. The second-order valence-corrected chi connectivity index (χ2v) is 7.67. The van der Waals surface area contributed by atoms with Crippen molar-refractivity contribution in [2.75, 3.05) is 6.61 Å². The fraction of sp³-hybridized carbons (Fsp3) is 0.154. The number of carboxylic acid groups (broad SMARTS) is 1. The first-order chi connectivity index (χ1) is 16.1. The van der Waals surface area contributed by atoms with E-state index in [0.717, 1.165) is 22.2 Å². The minimum Gasteiger partial charge on any atom is -0.491 e. The van der Waals surface area contributed by atoms with Crippen molar-refractivity contribution < 1.29 is 24.1 Å². The highest BCUT2D eigenvalue weighted by Gasteiger charge is 2.11. The van der Waals surface area contributed by atoms with Gasteiger partial charge in [0, 0.05) is 17.0 Å². The van der Waals surface area contributed by atoms with Crippen molar-refractivity contribution in [1.82, 2.24) is 4.98 Å². The number of para-hydroxylation sites is 2. The number of hydrogen-bond acceptors (Lipinski definition) is 5. The lowest BCUT2D eigenvalue weighted by molar-refractivity contribution is -0.137. The molecule has 0 aliphatic heterocycles. The van der Waals surface area contributed by atoms with Gasteiger partial charge in [-0.05, 0) is 30.3 Å². The summed E-state index contributed by atoms with van der Waals surface area (Å²) >= 11 is 6.23. The Morgan fingerprint density at radius 1 is 0.848 bits per heavy atom. The number of benzene rings is 3. The zero-order valence-corrected chi connectivity index (χ0v) is 18.5. The van der Waals surface area contributed by atoms with Gasteiger partial charge in [-0.25, -0.2) is 4.98 Å². The minimum absolute atomic E-state index is 0.0260. The van der Waals surface area contributed by atoms with E-state index in [0.29, 0.717) is 28.9 Å². The number of rotatable bonds is 10. The first-order valence-corrected chi connectivity index (χ1v) is 10.8. The molecule has 0 saturated carbocycles. The van der Waals surface area contributed by atoms with E-state index in [4.69, 9.17) is 30.9 Å². The molecular formula is C26H22ClNO5. The second-order valence-electron chi connectivity index (χ2n) is 7.27. The third-order valence-corrected chi connectivity index (χ3v) is 5.15. The topological polar surface area (TPSA) is 77.9 Å². The molecule has 0 spiro atoms. The van der Waals surface area contributed by atoms with E-state index in [9.17, 15) is 4.79 Å². The van der Waals surface area contributed by atoms with Gasteiger partial charge >= 0.3 is 5.97 Å². The number of fused-ring (bicyclic) bond motifs is 1. The Labute approximate surface area is 196 Å². The summed E-state index contributed by atoms with van der Waals surface area (Å²) in [6.45, 7) is 0.570. The molecule has 0 radical (unpaired) electrons. The van der Waals surface area contributed by atoms with Crippen LogP contribution >= 0.6 is 11.6 Å². The van der Waals surface area contributed by atoms with Crippen LogP contribution in [0.1, 0.15) is 17.7 Å². The average molecular weight is 464 g/mol. The third-order valence-electron chi connectivity index (χ3n) is 4.85. The lowest BCUT2D eigenvalue weighted by Gasteiger charge is -2.14. The van der Waals surface area contributed by atoms with Crippen molar-refractivity contribution in [2.45, 2.75) is 19.6 Å². The van der Waals surface area contributed by atoms with Crippen molar-refractivity contribution in [2.24, 2.45) is 0 Å². The van der Waals surface area contributed by atoms with Crippen molar-refractivity contribution in [3.63, 3.8) is 0 Å². The lowest BCUT2D eigenvalue weighted by Crippen LogP contribution is -2.07. The first kappa shape index (κ1) is 22.4. The highest BCUT2D eigenvalue weighted by Crippen LogP contribution is 2.30. The van der Waals surface area contributed by atoms with E-state index < -0.39 is 5.97 Å². The Kier molecular flexibility index (Phi) is 7.27. The molecule has 7 heteroatoms. The van der Waals surface area contributed by atoms with Crippen LogP contribution in [0, 0.1) is 0 Å². The highest BCUT2D eigenvalue weighted by atomic mass is 35.5. The van der Waals surface area contributed by atoms with Gasteiger partial charge < -0.3 is 19.3 Å². The molecule has 6 nitrogen and oxygen atoms in total. The fourth-order valence-corrected chi connectivity index (χ4v) is 3.48. The van der Waals surface area contributed by atoms with Crippen molar-refractivity contribution >= 4 is 28.5 Å². The van der Waals surface area contributed by atoms with Crippen LogP contribution in [0.15, 0.2) is 78.9 Å². The summed E-state index contributed by atoms with van der Waals surface area (Å²) in [7, 11) is 0. The van der Waals surface area contributed by atoms with Crippen LogP contribution in [0.2, 0.25) is 5.02 Å². The number of hydrogen-bond donors (Lipinski definition) is 1. The van der Waals surface area contributed by atoms with Gasteiger partial charge in [0.05, 0.1) is 29.3 Å². The normalized spacial score (nSPS) is 10.7. The third kappa shape index (κ3) is 6.14.